The molecule has 2 aromatic heterocycles. The Kier molecular flexibility index (Phi) is 11.7. The fraction of sp³-hybridized carbons (Fsp3) is 0.385. The van der Waals surface area contributed by atoms with Gasteiger partial charge in [0.05, 0.1) is 22.5 Å². The number of rotatable bonds is 18. The summed E-state index contributed by atoms with van der Waals surface area (Å²) in [6.07, 6.45) is 1.97. The number of nitrogens with two attached hydrogens (primary N) is 1. The van der Waals surface area contributed by atoms with E-state index in [0.29, 0.717) is 39.6 Å². The van der Waals surface area contributed by atoms with Gasteiger partial charge in [-0.05, 0) is 36.2 Å². The zero-order valence-electron chi connectivity index (χ0n) is 22.8. The number of alkyl halides is 1. The number of fused-ring (bicyclic) bond motifs is 1. The van der Waals surface area contributed by atoms with Crippen LogP contribution >= 0.6 is 23.1 Å². The van der Waals surface area contributed by atoms with Gasteiger partial charge in [0, 0.05) is 30.7 Å². The lowest BCUT2D eigenvalue weighted by atomic mass is 10.2. The number of benzene rings is 2. The number of sulfonamides is 1. The fourth-order valence-electron chi connectivity index (χ4n) is 3.96. The number of aliphatic hydroxyl groups is 1. The van der Waals surface area contributed by atoms with E-state index in [9.17, 15) is 27.8 Å². The third kappa shape index (κ3) is 9.57. The normalized spacial score (nSPS) is 13.2. The van der Waals surface area contributed by atoms with Gasteiger partial charge < -0.3 is 25.0 Å². The number of carboxylic acid groups (broad SMARTS) is 1. The van der Waals surface area contributed by atoms with Crippen molar-refractivity contribution in [2.24, 2.45) is 5.14 Å². The average molecular weight is 655 g/mol. The van der Waals surface area contributed by atoms with Crippen LogP contribution in [0.2, 0.25) is 0 Å². The Morgan fingerprint density at radius 2 is 2.02 bits per heavy atom. The van der Waals surface area contributed by atoms with Crippen LogP contribution in [0, 0.1) is 0 Å². The summed E-state index contributed by atoms with van der Waals surface area (Å²) in [6.45, 7) is -0.456. The predicted octanol–water partition coefficient (Wildman–Crippen LogP) is 2.36. The van der Waals surface area contributed by atoms with Crippen molar-refractivity contribution >= 4 is 49.3 Å². The summed E-state index contributed by atoms with van der Waals surface area (Å²) < 4.78 is 48.6. The number of aromatic nitrogens is 4. The van der Waals surface area contributed by atoms with Gasteiger partial charge in [-0.3, -0.25) is 4.79 Å². The van der Waals surface area contributed by atoms with E-state index in [4.69, 9.17) is 14.6 Å². The number of carbonyl (C=O) groups is 1. The molecule has 0 aliphatic carbocycles. The molecule has 43 heavy (non-hydrogen) atoms. The van der Waals surface area contributed by atoms with Gasteiger partial charge in [-0.2, -0.15) is 11.8 Å². The number of nitrogens with one attached hydrogen (secondary N) is 1. The molecule has 0 saturated carbocycles. The molecule has 0 aliphatic heterocycles. The largest absolute Gasteiger partial charge is 0.491 e. The molecule has 0 aliphatic rings. The van der Waals surface area contributed by atoms with Crippen molar-refractivity contribution in [1.29, 1.82) is 0 Å². The maximum absolute atomic E-state index is 12.4. The molecule has 2 aromatic carbocycles. The number of thioether (sulfide) groups is 1. The Labute approximate surface area is 255 Å². The molecular formula is C26H31FN6O7S3. The molecule has 5 N–H and O–H groups in total. The number of aliphatic hydroxyl groups excluding tert-OH is 1. The summed E-state index contributed by atoms with van der Waals surface area (Å²) >= 11 is 2.40. The van der Waals surface area contributed by atoms with Gasteiger partial charge in [0.2, 0.25) is 4.34 Å². The molecule has 2 atom stereocenters. The minimum Gasteiger partial charge on any atom is -0.491 e. The molecule has 0 fully saturated rings. The van der Waals surface area contributed by atoms with Crippen LogP contribution in [0.3, 0.4) is 0 Å². The second-order valence-electron chi connectivity index (χ2n) is 9.30. The van der Waals surface area contributed by atoms with Gasteiger partial charge in [0.15, 0.2) is 0 Å². The van der Waals surface area contributed by atoms with Crippen LogP contribution in [0.15, 0.2) is 53.0 Å². The van der Waals surface area contributed by atoms with Crippen LogP contribution in [0.25, 0.3) is 10.2 Å². The van der Waals surface area contributed by atoms with Crippen molar-refractivity contribution < 1.29 is 37.3 Å². The Morgan fingerprint density at radius 1 is 1.21 bits per heavy atom. The second kappa shape index (κ2) is 15.4. The predicted molar refractivity (Wildman–Crippen MR) is 160 cm³/mol. The lowest BCUT2D eigenvalue weighted by Crippen LogP contribution is -2.42. The zero-order chi connectivity index (χ0) is 30.8. The van der Waals surface area contributed by atoms with E-state index in [1.165, 1.54) is 11.8 Å². The smallest absolute Gasteiger partial charge is 0.321 e. The standard InChI is InChI=1S/C26H31FN6O7S3/c27-7-9-39-20-3-1-2-17(10-20)15-41-16-23(25(35)36)29-12-19(6-8-34)33-13-18(31-32-33)14-40-21-4-5-24-22(11-21)30-26(42-24)43(28,37)38/h1-5,10-11,13,19,23,29,34H,6-9,12,14-16H2,(H,35,36)(H2,28,37,38). The Bertz CT molecular complexity index is 1620. The molecule has 0 radical (unpaired) electrons. The first-order chi connectivity index (χ1) is 20.7. The summed E-state index contributed by atoms with van der Waals surface area (Å²) in [4.78, 5) is 16.0. The molecule has 4 rings (SSSR count). The number of thiazole rings is 1. The third-order valence-electron chi connectivity index (χ3n) is 6.06. The highest BCUT2D eigenvalue weighted by molar-refractivity contribution is 7.98. The first kappa shape index (κ1) is 32.6. The molecular weight excluding hydrogens is 624 g/mol. The number of carboxylic acids is 1. The number of primary sulfonamides is 1. The number of hydrogen-bond acceptors (Lipinski definition) is 12. The Balaban J connectivity index is 1.30. The van der Waals surface area contributed by atoms with Crippen LogP contribution in [0.1, 0.15) is 23.7 Å². The van der Waals surface area contributed by atoms with Crippen molar-refractivity contribution in [3.05, 3.63) is 59.9 Å². The molecule has 0 amide bonds. The second-order valence-corrected chi connectivity index (χ2v) is 13.1. The van der Waals surface area contributed by atoms with E-state index in [1.807, 2.05) is 6.07 Å². The van der Waals surface area contributed by atoms with Crippen LogP contribution in [-0.2, 0) is 27.2 Å². The van der Waals surface area contributed by atoms with Crippen LogP contribution in [-0.4, -0.2) is 82.8 Å². The van der Waals surface area contributed by atoms with Crippen LogP contribution < -0.4 is 19.9 Å². The minimum absolute atomic E-state index is 0.0213. The molecule has 4 aromatic rings. The Hall–Kier alpha value is -3.35. The number of nitrogens with zero attached hydrogens (tertiary/aromatic N) is 4. The van der Waals surface area contributed by atoms with Crippen molar-refractivity contribution in [3.63, 3.8) is 0 Å². The fourth-order valence-corrected chi connectivity index (χ4v) is 6.63. The monoisotopic (exact) mass is 654 g/mol. The van der Waals surface area contributed by atoms with Gasteiger partial charge in [0.1, 0.15) is 43.1 Å². The molecule has 0 saturated heterocycles. The molecule has 13 nitrogen and oxygen atoms in total. The summed E-state index contributed by atoms with van der Waals surface area (Å²) in [6, 6.07) is 11.0. The maximum atomic E-state index is 12.4. The number of ether oxygens (including phenoxy) is 2. The maximum Gasteiger partial charge on any atom is 0.321 e. The van der Waals surface area contributed by atoms with Crippen molar-refractivity contribution in [2.45, 2.75) is 35.2 Å². The topological polar surface area (TPSA) is 192 Å². The molecule has 17 heteroatoms. The lowest BCUT2D eigenvalue weighted by Gasteiger charge is -2.20. The highest BCUT2D eigenvalue weighted by Gasteiger charge is 2.21. The summed E-state index contributed by atoms with van der Waals surface area (Å²) in [5.74, 6) is 0.842. The Morgan fingerprint density at radius 3 is 2.77 bits per heavy atom. The van der Waals surface area contributed by atoms with E-state index in [0.717, 1.165) is 16.9 Å². The zero-order valence-corrected chi connectivity index (χ0v) is 25.3. The first-order valence-electron chi connectivity index (χ1n) is 13.1. The lowest BCUT2D eigenvalue weighted by molar-refractivity contribution is -0.138. The summed E-state index contributed by atoms with van der Waals surface area (Å²) in [7, 11) is -3.90. The van der Waals surface area contributed by atoms with Crippen molar-refractivity contribution in [1.82, 2.24) is 25.3 Å². The van der Waals surface area contributed by atoms with Gasteiger partial charge in [-0.15, -0.1) is 16.4 Å². The average Bonchev–Trinajstić information content (AvgIpc) is 3.63. The minimum atomic E-state index is -3.90. The van der Waals surface area contributed by atoms with Gasteiger partial charge in [0.25, 0.3) is 10.0 Å². The highest BCUT2D eigenvalue weighted by atomic mass is 32.2. The molecule has 2 heterocycles. The van der Waals surface area contributed by atoms with E-state index >= 15 is 0 Å². The molecule has 2 unspecified atom stereocenters. The molecule has 0 bridgehead atoms. The number of hydrogen-bond donors (Lipinski definition) is 4. The molecule has 0 spiro atoms. The third-order valence-corrected chi connectivity index (χ3v) is 9.52. The number of aliphatic carboxylic acids is 1. The SMILES string of the molecule is NS(=O)(=O)c1nc2cc(OCc3cn(C(CCO)CNC(CSCc4cccc(OCCF)c4)C(=O)O)nn3)ccc2s1. The van der Waals surface area contributed by atoms with Gasteiger partial charge >= 0.3 is 5.97 Å². The van der Waals surface area contributed by atoms with Gasteiger partial charge in [-0.25, -0.2) is 27.6 Å². The highest BCUT2D eigenvalue weighted by Crippen LogP contribution is 2.28. The first-order valence-corrected chi connectivity index (χ1v) is 16.6. The van der Waals surface area contributed by atoms with Crippen LogP contribution in [0.5, 0.6) is 11.5 Å². The van der Waals surface area contributed by atoms with E-state index in [-0.39, 0.29) is 42.5 Å². The van der Waals surface area contributed by atoms with Crippen molar-refractivity contribution in [3.8, 4) is 11.5 Å². The summed E-state index contributed by atoms with van der Waals surface area (Å²) in [5, 5.41) is 35.8. The van der Waals surface area contributed by atoms with Gasteiger partial charge in [-0.1, -0.05) is 17.3 Å². The number of halogens is 1. The van der Waals surface area contributed by atoms with E-state index < -0.39 is 28.7 Å². The van der Waals surface area contributed by atoms with Crippen molar-refractivity contribution in [2.75, 3.05) is 32.2 Å². The molecule has 232 valence electrons. The van der Waals surface area contributed by atoms with E-state index in [2.05, 4.69) is 20.6 Å². The summed E-state index contributed by atoms with van der Waals surface area (Å²) in [5.41, 5.74) is 1.86. The quantitative estimate of drug-likeness (QED) is 0.123. The van der Waals surface area contributed by atoms with E-state index in [1.54, 1.807) is 47.3 Å². The van der Waals surface area contributed by atoms with Crippen LogP contribution in [0.4, 0.5) is 4.39 Å².